The van der Waals surface area contributed by atoms with Crippen molar-refractivity contribution < 1.29 is 23.1 Å². The standard InChI is InChI=1S/C27H32F3N3O2/c1-18(2)32-12-11-25(24(30)16-32)31(3)26(35)33-15-19(22-13-21(28)9-10-23(22)29)14-27(33,17-34)20-7-5-4-6-8-20/h4-10,13-14,18,24-25,34H,11-12,15-17H2,1-3H3/t24-,25-,27+/m0/s1. The van der Waals surface area contributed by atoms with E-state index < -0.39 is 42.0 Å². The number of aliphatic hydroxyl groups excluding tert-OH is 1. The first-order chi connectivity index (χ1) is 16.7. The number of carbonyl (C=O) groups excluding carboxylic acids is 1. The fourth-order valence-corrected chi connectivity index (χ4v) is 5.21. The molecule has 188 valence electrons. The third-order valence-corrected chi connectivity index (χ3v) is 7.31. The average molecular weight is 488 g/mol. The molecule has 0 radical (unpaired) electrons. The van der Waals surface area contributed by atoms with Crippen molar-refractivity contribution in [3.63, 3.8) is 0 Å². The largest absolute Gasteiger partial charge is 0.393 e. The molecule has 2 aliphatic heterocycles. The van der Waals surface area contributed by atoms with Crippen molar-refractivity contribution in [3.8, 4) is 0 Å². The predicted octanol–water partition coefficient (Wildman–Crippen LogP) is 4.42. The van der Waals surface area contributed by atoms with Crippen LogP contribution in [0.4, 0.5) is 18.0 Å². The summed E-state index contributed by atoms with van der Waals surface area (Å²) in [6, 6.07) is 11.2. The van der Waals surface area contributed by atoms with Crippen LogP contribution in [0.1, 0.15) is 31.4 Å². The van der Waals surface area contributed by atoms with Crippen molar-refractivity contribution in [1.82, 2.24) is 14.7 Å². The van der Waals surface area contributed by atoms with Gasteiger partial charge in [-0.25, -0.2) is 18.0 Å². The molecule has 2 amide bonds. The number of hydrogen-bond donors (Lipinski definition) is 1. The topological polar surface area (TPSA) is 47.0 Å². The van der Waals surface area contributed by atoms with E-state index in [-0.39, 0.29) is 24.7 Å². The molecule has 2 aromatic rings. The van der Waals surface area contributed by atoms with E-state index in [1.807, 2.05) is 24.8 Å². The van der Waals surface area contributed by atoms with Gasteiger partial charge in [-0.1, -0.05) is 30.3 Å². The number of rotatable bonds is 5. The van der Waals surface area contributed by atoms with Crippen molar-refractivity contribution in [2.45, 2.75) is 44.1 Å². The molecular weight excluding hydrogens is 455 g/mol. The van der Waals surface area contributed by atoms with E-state index in [0.29, 0.717) is 24.1 Å². The molecule has 2 aliphatic rings. The summed E-state index contributed by atoms with van der Waals surface area (Å²) in [5.41, 5.74) is -0.258. The van der Waals surface area contributed by atoms with Gasteiger partial charge in [-0.2, -0.15) is 0 Å². The maximum absolute atomic E-state index is 15.2. The van der Waals surface area contributed by atoms with Crippen molar-refractivity contribution >= 4 is 11.6 Å². The Morgan fingerprint density at radius 1 is 1.20 bits per heavy atom. The van der Waals surface area contributed by atoms with Gasteiger partial charge in [0.2, 0.25) is 0 Å². The normalized spacial score (nSPS) is 25.1. The zero-order valence-corrected chi connectivity index (χ0v) is 20.3. The van der Waals surface area contributed by atoms with Crippen LogP contribution in [0.25, 0.3) is 5.57 Å². The highest BCUT2D eigenvalue weighted by Gasteiger charge is 2.47. The summed E-state index contributed by atoms with van der Waals surface area (Å²) in [4.78, 5) is 18.7. The summed E-state index contributed by atoms with van der Waals surface area (Å²) in [5.74, 6) is -1.22. The van der Waals surface area contributed by atoms with Gasteiger partial charge in [-0.05, 0) is 55.7 Å². The second-order valence-corrected chi connectivity index (χ2v) is 9.68. The minimum absolute atomic E-state index is 0.0327. The van der Waals surface area contributed by atoms with Gasteiger partial charge < -0.3 is 14.9 Å². The maximum Gasteiger partial charge on any atom is 0.321 e. The lowest BCUT2D eigenvalue weighted by atomic mass is 9.89. The molecule has 8 heteroatoms. The lowest BCUT2D eigenvalue weighted by Crippen LogP contribution is -2.59. The number of carbonyl (C=O) groups is 1. The zero-order chi connectivity index (χ0) is 25.3. The molecule has 1 N–H and O–H groups in total. The molecular formula is C27H32F3N3O2. The molecule has 0 unspecified atom stereocenters. The SMILES string of the molecule is CC(C)N1CC[C@H](N(C)C(=O)N2CC(c3cc(F)ccc3F)=C[C@@]2(CO)c2ccccc2)[C@@H](F)C1. The van der Waals surface area contributed by atoms with Crippen LogP contribution in [-0.4, -0.2) is 77.4 Å². The number of halogens is 3. The van der Waals surface area contributed by atoms with Crippen LogP contribution in [0, 0.1) is 11.6 Å². The van der Waals surface area contributed by atoms with Gasteiger partial charge in [0, 0.05) is 38.3 Å². The second-order valence-electron chi connectivity index (χ2n) is 9.68. The molecule has 0 spiro atoms. The second kappa shape index (κ2) is 10.0. The highest BCUT2D eigenvalue weighted by atomic mass is 19.1. The van der Waals surface area contributed by atoms with Gasteiger partial charge >= 0.3 is 6.03 Å². The molecule has 4 rings (SSSR count). The number of amides is 2. The number of nitrogens with zero attached hydrogens (tertiary/aromatic N) is 3. The Morgan fingerprint density at radius 3 is 2.54 bits per heavy atom. The molecule has 2 aromatic carbocycles. The van der Waals surface area contributed by atoms with E-state index in [9.17, 15) is 18.7 Å². The number of benzene rings is 2. The van der Waals surface area contributed by atoms with Gasteiger partial charge in [-0.3, -0.25) is 4.90 Å². The van der Waals surface area contributed by atoms with Gasteiger partial charge in [0.1, 0.15) is 23.3 Å². The van der Waals surface area contributed by atoms with E-state index in [4.69, 9.17) is 0 Å². The van der Waals surface area contributed by atoms with E-state index in [0.717, 1.165) is 18.2 Å². The lowest BCUT2D eigenvalue weighted by molar-refractivity contribution is 0.0272. The van der Waals surface area contributed by atoms with Crippen molar-refractivity contribution in [2.75, 3.05) is 33.3 Å². The summed E-state index contributed by atoms with van der Waals surface area (Å²) < 4.78 is 43.8. The average Bonchev–Trinajstić information content (AvgIpc) is 3.26. The monoisotopic (exact) mass is 487 g/mol. The highest BCUT2D eigenvalue weighted by Crippen LogP contribution is 2.41. The Morgan fingerprint density at radius 2 is 1.91 bits per heavy atom. The molecule has 5 nitrogen and oxygen atoms in total. The predicted molar refractivity (Wildman–Crippen MR) is 129 cm³/mol. The summed E-state index contributed by atoms with van der Waals surface area (Å²) in [5, 5.41) is 10.6. The number of piperidine rings is 1. The zero-order valence-electron chi connectivity index (χ0n) is 20.3. The lowest BCUT2D eigenvalue weighted by Gasteiger charge is -2.44. The third kappa shape index (κ3) is 4.69. The Balaban J connectivity index is 1.70. The number of hydrogen-bond acceptors (Lipinski definition) is 3. The fraction of sp³-hybridized carbons (Fsp3) is 0.444. The molecule has 2 heterocycles. The minimum atomic E-state index is -1.30. The van der Waals surface area contributed by atoms with E-state index in [1.165, 1.54) is 9.80 Å². The summed E-state index contributed by atoms with van der Waals surface area (Å²) in [6.45, 7) is 4.41. The first-order valence-corrected chi connectivity index (χ1v) is 11.9. The summed E-state index contributed by atoms with van der Waals surface area (Å²) >= 11 is 0. The van der Waals surface area contributed by atoms with Crippen LogP contribution >= 0.6 is 0 Å². The molecule has 0 aliphatic carbocycles. The Kier molecular flexibility index (Phi) is 7.24. The van der Waals surface area contributed by atoms with Crippen LogP contribution < -0.4 is 0 Å². The Bertz CT molecular complexity index is 1090. The van der Waals surface area contributed by atoms with E-state index in [1.54, 1.807) is 37.4 Å². The van der Waals surface area contributed by atoms with Gasteiger partial charge in [0.15, 0.2) is 0 Å². The molecule has 0 bridgehead atoms. The van der Waals surface area contributed by atoms with Crippen molar-refractivity contribution in [3.05, 3.63) is 77.4 Å². The smallest absolute Gasteiger partial charge is 0.321 e. The fourth-order valence-electron chi connectivity index (χ4n) is 5.21. The first-order valence-electron chi connectivity index (χ1n) is 11.9. The maximum atomic E-state index is 15.2. The Labute approximate surface area is 204 Å². The highest BCUT2D eigenvalue weighted by molar-refractivity contribution is 5.83. The van der Waals surface area contributed by atoms with Crippen LogP contribution in [-0.2, 0) is 5.54 Å². The van der Waals surface area contributed by atoms with E-state index >= 15 is 4.39 Å². The molecule has 0 aromatic heterocycles. The Hall–Kier alpha value is -2.84. The number of aliphatic hydroxyl groups is 1. The third-order valence-electron chi connectivity index (χ3n) is 7.31. The van der Waals surface area contributed by atoms with Crippen LogP contribution in [0.2, 0.25) is 0 Å². The molecule has 1 saturated heterocycles. The molecule has 3 atom stereocenters. The quantitative estimate of drug-likeness (QED) is 0.679. The van der Waals surface area contributed by atoms with Gasteiger partial charge in [0.05, 0.1) is 12.6 Å². The molecule has 1 fully saturated rings. The van der Waals surface area contributed by atoms with Crippen molar-refractivity contribution in [2.24, 2.45) is 0 Å². The number of alkyl halides is 1. The molecule has 35 heavy (non-hydrogen) atoms. The van der Waals surface area contributed by atoms with Gasteiger partial charge in [0.25, 0.3) is 0 Å². The van der Waals surface area contributed by atoms with Crippen LogP contribution in [0.3, 0.4) is 0 Å². The summed E-state index contributed by atoms with van der Waals surface area (Å²) in [6.07, 6.45) is 0.877. The van der Waals surface area contributed by atoms with Crippen molar-refractivity contribution in [1.29, 1.82) is 0 Å². The van der Waals surface area contributed by atoms with E-state index in [2.05, 4.69) is 0 Å². The van der Waals surface area contributed by atoms with Crippen LogP contribution in [0.15, 0.2) is 54.6 Å². The summed E-state index contributed by atoms with van der Waals surface area (Å²) in [7, 11) is 1.57. The minimum Gasteiger partial charge on any atom is -0.393 e. The van der Waals surface area contributed by atoms with Crippen LogP contribution in [0.5, 0.6) is 0 Å². The number of urea groups is 1. The van der Waals surface area contributed by atoms with Gasteiger partial charge in [-0.15, -0.1) is 0 Å². The molecule has 0 saturated carbocycles. The number of likely N-dealkylation sites (tertiary alicyclic amines) is 1. The first kappa shape index (κ1) is 25.3.